The van der Waals surface area contributed by atoms with Crippen LogP contribution in [0, 0.1) is 5.41 Å². The van der Waals surface area contributed by atoms with E-state index in [0.717, 1.165) is 24.5 Å². The second-order valence-electron chi connectivity index (χ2n) is 6.21. The maximum Gasteiger partial charge on any atom is 0.129 e. The summed E-state index contributed by atoms with van der Waals surface area (Å²) in [6, 6.07) is 5.44. The molecule has 2 aromatic rings. The van der Waals surface area contributed by atoms with Gasteiger partial charge in [0.05, 0.1) is 29.4 Å². The summed E-state index contributed by atoms with van der Waals surface area (Å²) in [5.74, 6) is 0.819. The Morgan fingerprint density at radius 1 is 1.37 bits per heavy atom. The van der Waals surface area contributed by atoms with Gasteiger partial charge in [-0.15, -0.1) is 0 Å². The molecule has 0 spiro atoms. The monoisotopic (exact) mass is 365 g/mol. The highest BCUT2D eigenvalue weighted by Crippen LogP contribution is 2.24. The largest absolute Gasteiger partial charge is 0.404 e. The van der Waals surface area contributed by atoms with Gasteiger partial charge in [0, 0.05) is 62.6 Å². The van der Waals surface area contributed by atoms with Gasteiger partial charge >= 0.3 is 0 Å². The van der Waals surface area contributed by atoms with Crippen molar-refractivity contribution < 1.29 is 4.74 Å². The number of allylic oxidation sites excluding steroid dienone is 1. The molecule has 1 saturated heterocycles. The van der Waals surface area contributed by atoms with Crippen LogP contribution in [0.5, 0.6) is 0 Å². The normalized spacial score (nSPS) is 15.2. The van der Waals surface area contributed by atoms with Crippen molar-refractivity contribution in [2.24, 2.45) is 10.7 Å². The predicted octanol–water partition coefficient (Wildman–Crippen LogP) is 1.31. The lowest BCUT2D eigenvalue weighted by molar-refractivity contribution is 0.0783. The van der Waals surface area contributed by atoms with Crippen molar-refractivity contribution in [3.05, 3.63) is 53.6 Å². The van der Waals surface area contributed by atoms with Gasteiger partial charge in [-0.25, -0.2) is 4.98 Å². The standard InChI is InChI=1S/C19H23N7O/c1-23-8-13(7-20)17-6-15(16(21)9-25-17)19(22)12-3-4-24-18(5-12)26-10-14(11-26)27-2/h3-9,14,22H,10-11,20-21H2,1-2H3. The maximum atomic E-state index is 8.63. The molecular formula is C19H23N7O. The molecule has 3 heterocycles. The topological polar surface area (TPSA) is 126 Å². The number of pyridine rings is 2. The summed E-state index contributed by atoms with van der Waals surface area (Å²) >= 11 is 0. The third-order valence-corrected chi connectivity index (χ3v) is 4.49. The van der Waals surface area contributed by atoms with Gasteiger partial charge in [0.15, 0.2) is 0 Å². The molecule has 0 radical (unpaired) electrons. The van der Waals surface area contributed by atoms with Gasteiger partial charge in [0.25, 0.3) is 0 Å². The molecule has 140 valence electrons. The first-order chi connectivity index (χ1) is 13.1. The molecule has 8 nitrogen and oxygen atoms in total. The first kappa shape index (κ1) is 18.5. The van der Waals surface area contributed by atoms with E-state index in [4.69, 9.17) is 21.6 Å². The summed E-state index contributed by atoms with van der Waals surface area (Å²) in [6.45, 7) is 1.59. The molecule has 8 heteroatoms. The Kier molecular flexibility index (Phi) is 5.46. The van der Waals surface area contributed by atoms with Crippen molar-refractivity contribution in [2.45, 2.75) is 6.10 Å². The maximum absolute atomic E-state index is 8.63. The number of hydrogen-bond donors (Lipinski definition) is 3. The number of nitrogens with one attached hydrogen (secondary N) is 1. The molecule has 5 N–H and O–H groups in total. The predicted molar refractivity (Wildman–Crippen MR) is 108 cm³/mol. The van der Waals surface area contributed by atoms with E-state index in [0.29, 0.717) is 28.2 Å². The van der Waals surface area contributed by atoms with Crippen LogP contribution < -0.4 is 16.4 Å². The summed E-state index contributed by atoms with van der Waals surface area (Å²) < 4.78 is 5.31. The van der Waals surface area contributed by atoms with Crippen molar-refractivity contribution in [1.29, 1.82) is 5.41 Å². The van der Waals surface area contributed by atoms with Crippen LogP contribution in [-0.2, 0) is 4.74 Å². The van der Waals surface area contributed by atoms with Crippen molar-refractivity contribution >= 4 is 29.0 Å². The van der Waals surface area contributed by atoms with Gasteiger partial charge < -0.3 is 21.1 Å². The van der Waals surface area contributed by atoms with Crippen LogP contribution in [0.25, 0.3) is 5.57 Å². The SMILES string of the molecule is CN=CC(=CN)c1cc(C(=N)c2ccnc(N3CC(OC)C3)c2)c(N)cn1. The number of hydrogen-bond acceptors (Lipinski definition) is 8. The highest BCUT2D eigenvalue weighted by Gasteiger charge is 2.27. The van der Waals surface area contributed by atoms with E-state index in [1.54, 1.807) is 38.7 Å². The number of aliphatic imine (C=N–C) groups is 1. The minimum absolute atomic E-state index is 0.231. The second-order valence-corrected chi connectivity index (χ2v) is 6.21. The smallest absolute Gasteiger partial charge is 0.129 e. The first-order valence-corrected chi connectivity index (χ1v) is 8.50. The molecule has 0 amide bonds. The number of methoxy groups -OCH3 is 1. The Morgan fingerprint density at radius 3 is 2.81 bits per heavy atom. The summed E-state index contributed by atoms with van der Waals surface area (Å²) in [6.07, 6.45) is 6.51. The Balaban J connectivity index is 1.90. The molecule has 2 aromatic heterocycles. The van der Waals surface area contributed by atoms with E-state index in [1.165, 1.54) is 12.4 Å². The number of rotatable bonds is 6. The van der Waals surface area contributed by atoms with Crippen LogP contribution in [0.1, 0.15) is 16.8 Å². The van der Waals surface area contributed by atoms with Gasteiger partial charge in [0.2, 0.25) is 0 Å². The molecule has 0 saturated carbocycles. The Morgan fingerprint density at radius 2 is 2.15 bits per heavy atom. The number of ether oxygens (including phenoxy) is 1. The van der Waals surface area contributed by atoms with Gasteiger partial charge in [0.1, 0.15) is 5.82 Å². The lowest BCUT2D eigenvalue weighted by Crippen LogP contribution is -2.52. The quantitative estimate of drug-likeness (QED) is 0.663. The molecule has 3 rings (SSSR count). The fourth-order valence-electron chi connectivity index (χ4n) is 2.85. The molecule has 1 aliphatic heterocycles. The highest BCUT2D eigenvalue weighted by molar-refractivity contribution is 6.15. The zero-order valence-electron chi connectivity index (χ0n) is 15.4. The highest BCUT2D eigenvalue weighted by atomic mass is 16.5. The molecule has 0 bridgehead atoms. The number of nitrogens with zero attached hydrogens (tertiary/aromatic N) is 4. The lowest BCUT2D eigenvalue weighted by atomic mass is 10.00. The summed E-state index contributed by atoms with van der Waals surface area (Å²) in [5, 5.41) is 8.63. The molecule has 1 fully saturated rings. The van der Waals surface area contributed by atoms with E-state index in [1.807, 2.05) is 6.07 Å². The first-order valence-electron chi connectivity index (χ1n) is 8.50. The molecule has 0 aliphatic carbocycles. The molecule has 0 unspecified atom stereocenters. The summed E-state index contributed by atoms with van der Waals surface area (Å²) in [4.78, 5) is 14.8. The van der Waals surface area contributed by atoms with Crippen LogP contribution in [0.2, 0.25) is 0 Å². The lowest BCUT2D eigenvalue weighted by Gasteiger charge is -2.39. The van der Waals surface area contributed by atoms with Gasteiger partial charge in [-0.3, -0.25) is 15.4 Å². The van der Waals surface area contributed by atoms with Crippen LogP contribution in [0.3, 0.4) is 0 Å². The number of anilines is 2. The van der Waals surface area contributed by atoms with Crippen LogP contribution in [0.15, 0.2) is 41.8 Å². The number of nitrogens with two attached hydrogens (primary N) is 2. The average Bonchev–Trinajstić information content (AvgIpc) is 2.65. The minimum Gasteiger partial charge on any atom is -0.404 e. The number of aromatic nitrogens is 2. The summed E-state index contributed by atoms with van der Waals surface area (Å²) in [7, 11) is 3.37. The van der Waals surface area contributed by atoms with E-state index in [-0.39, 0.29) is 6.10 Å². The molecule has 1 aliphatic rings. The molecule has 0 atom stereocenters. The molecule has 0 aromatic carbocycles. The fourth-order valence-corrected chi connectivity index (χ4v) is 2.85. The van der Waals surface area contributed by atoms with Crippen molar-refractivity contribution in [1.82, 2.24) is 9.97 Å². The van der Waals surface area contributed by atoms with E-state index in [2.05, 4.69) is 19.9 Å². The van der Waals surface area contributed by atoms with E-state index in [9.17, 15) is 0 Å². The second kappa shape index (κ2) is 7.96. The van der Waals surface area contributed by atoms with Gasteiger partial charge in [-0.1, -0.05) is 0 Å². The van der Waals surface area contributed by atoms with Crippen LogP contribution in [0.4, 0.5) is 11.5 Å². The van der Waals surface area contributed by atoms with Crippen LogP contribution >= 0.6 is 0 Å². The zero-order valence-corrected chi connectivity index (χ0v) is 15.4. The molecule has 27 heavy (non-hydrogen) atoms. The average molecular weight is 365 g/mol. The van der Waals surface area contributed by atoms with E-state index >= 15 is 0 Å². The van der Waals surface area contributed by atoms with Crippen molar-refractivity contribution in [2.75, 3.05) is 37.9 Å². The number of nitrogen functional groups attached to an aromatic ring is 1. The third-order valence-electron chi connectivity index (χ3n) is 4.49. The minimum atomic E-state index is 0.231. The summed E-state index contributed by atoms with van der Waals surface area (Å²) in [5.41, 5.74) is 15.1. The fraction of sp³-hybridized carbons (Fsp3) is 0.263. The van der Waals surface area contributed by atoms with Crippen molar-refractivity contribution in [3.8, 4) is 0 Å². The van der Waals surface area contributed by atoms with E-state index < -0.39 is 0 Å². The molecular weight excluding hydrogens is 342 g/mol. The Labute approximate surface area is 158 Å². The van der Waals surface area contributed by atoms with Crippen molar-refractivity contribution in [3.63, 3.8) is 0 Å². The van der Waals surface area contributed by atoms with Gasteiger partial charge in [-0.2, -0.15) is 0 Å². The Bertz CT molecular complexity index is 901. The van der Waals surface area contributed by atoms with Gasteiger partial charge in [-0.05, 0) is 18.2 Å². The third kappa shape index (κ3) is 3.80. The zero-order chi connectivity index (χ0) is 19.4. The van der Waals surface area contributed by atoms with Crippen LogP contribution in [-0.4, -0.2) is 55.2 Å². The Hall–Kier alpha value is -3.26.